The molecule has 0 saturated carbocycles. The van der Waals surface area contributed by atoms with E-state index < -0.39 is 6.04 Å². The molecule has 6 heteroatoms. The molecule has 2 rings (SSSR count). The van der Waals surface area contributed by atoms with Crippen molar-refractivity contribution in [3.8, 4) is 0 Å². The molecule has 19 heavy (non-hydrogen) atoms. The molecule has 1 saturated heterocycles. The molecule has 104 valence electrons. The van der Waals surface area contributed by atoms with E-state index in [2.05, 4.69) is 10.3 Å². The van der Waals surface area contributed by atoms with E-state index in [1.54, 1.807) is 16.2 Å². The van der Waals surface area contributed by atoms with Crippen molar-refractivity contribution in [3.05, 3.63) is 16.1 Å². The van der Waals surface area contributed by atoms with E-state index in [1.165, 1.54) is 0 Å². The highest BCUT2D eigenvalue weighted by Crippen LogP contribution is 2.19. The van der Waals surface area contributed by atoms with Crippen LogP contribution in [0.5, 0.6) is 0 Å². The number of hydrogen-bond donors (Lipinski definition) is 1. The van der Waals surface area contributed by atoms with Crippen LogP contribution >= 0.6 is 11.3 Å². The van der Waals surface area contributed by atoms with Crippen molar-refractivity contribution in [3.63, 3.8) is 0 Å². The normalized spacial score (nSPS) is 23.6. The second-order valence-corrected chi connectivity index (χ2v) is 5.78. The first-order chi connectivity index (χ1) is 9.06. The molecule has 1 aliphatic rings. The summed E-state index contributed by atoms with van der Waals surface area (Å²) < 4.78 is 0. The number of carbonyl (C=O) groups is 2. The predicted octanol–water partition coefficient (Wildman–Crippen LogP) is 1.47. The number of aryl methyl sites for hydroxylation is 1. The summed E-state index contributed by atoms with van der Waals surface area (Å²) in [5.74, 6) is -0.0551. The Kier molecular flexibility index (Phi) is 4.19. The van der Waals surface area contributed by atoms with Crippen molar-refractivity contribution in [2.45, 2.75) is 52.2 Å². The highest BCUT2D eigenvalue weighted by Gasteiger charge is 2.38. The number of aromatic nitrogens is 1. The lowest BCUT2D eigenvalue weighted by Gasteiger charge is -2.38. The summed E-state index contributed by atoms with van der Waals surface area (Å²) in [5.41, 5.74) is 0.860. The zero-order chi connectivity index (χ0) is 14.0. The number of rotatable bonds is 4. The van der Waals surface area contributed by atoms with Gasteiger partial charge in [-0.3, -0.25) is 9.59 Å². The van der Waals surface area contributed by atoms with Crippen molar-refractivity contribution in [2.24, 2.45) is 0 Å². The number of nitrogens with one attached hydrogen (secondary N) is 1. The summed E-state index contributed by atoms with van der Waals surface area (Å²) in [7, 11) is 0. The molecule has 0 spiro atoms. The Morgan fingerprint density at radius 3 is 2.63 bits per heavy atom. The number of carbonyl (C=O) groups excluding carboxylic acids is 2. The van der Waals surface area contributed by atoms with Gasteiger partial charge in [0, 0.05) is 5.38 Å². The fraction of sp³-hybridized carbons (Fsp3) is 0.615. The average molecular weight is 281 g/mol. The minimum atomic E-state index is -0.393. The highest BCUT2D eigenvalue weighted by molar-refractivity contribution is 7.09. The Hall–Kier alpha value is -1.43. The second kappa shape index (κ2) is 5.69. The van der Waals surface area contributed by atoms with Crippen LogP contribution in [0, 0.1) is 6.92 Å². The molecule has 1 N–H and O–H groups in total. The molecule has 1 aliphatic heterocycles. The van der Waals surface area contributed by atoms with Gasteiger partial charge in [0.2, 0.25) is 11.8 Å². The van der Waals surface area contributed by atoms with Gasteiger partial charge in [-0.1, -0.05) is 13.8 Å². The summed E-state index contributed by atoms with van der Waals surface area (Å²) in [6.45, 7) is 6.18. The van der Waals surface area contributed by atoms with E-state index in [-0.39, 0.29) is 17.9 Å². The lowest BCUT2D eigenvalue weighted by atomic mass is 10.0. The highest BCUT2D eigenvalue weighted by atomic mass is 32.1. The van der Waals surface area contributed by atoms with Crippen molar-refractivity contribution in [1.82, 2.24) is 15.2 Å². The van der Waals surface area contributed by atoms with Crippen LogP contribution in [0.4, 0.5) is 0 Å². The third-order valence-corrected chi connectivity index (χ3v) is 4.19. The van der Waals surface area contributed by atoms with Crippen LogP contribution in [0.3, 0.4) is 0 Å². The number of nitrogens with zero attached hydrogens (tertiary/aromatic N) is 2. The molecule has 0 aromatic carbocycles. The van der Waals surface area contributed by atoms with Crippen LogP contribution in [-0.2, 0) is 16.1 Å². The van der Waals surface area contributed by atoms with Crippen LogP contribution in [0.1, 0.15) is 37.4 Å². The van der Waals surface area contributed by atoms with Gasteiger partial charge in [-0.15, -0.1) is 11.3 Å². The maximum Gasteiger partial charge on any atom is 0.246 e. The second-order valence-electron chi connectivity index (χ2n) is 4.72. The summed E-state index contributed by atoms with van der Waals surface area (Å²) in [4.78, 5) is 30.4. The van der Waals surface area contributed by atoms with Gasteiger partial charge in [0.1, 0.15) is 12.1 Å². The molecule has 2 atom stereocenters. The first kappa shape index (κ1) is 14.0. The Balaban J connectivity index is 2.21. The van der Waals surface area contributed by atoms with Gasteiger partial charge >= 0.3 is 0 Å². The van der Waals surface area contributed by atoms with E-state index in [4.69, 9.17) is 0 Å². The third kappa shape index (κ3) is 2.78. The quantitative estimate of drug-likeness (QED) is 0.909. The number of thiazole rings is 1. The first-order valence-corrected chi connectivity index (χ1v) is 7.46. The largest absolute Gasteiger partial charge is 0.343 e. The summed E-state index contributed by atoms with van der Waals surface area (Å²) in [6.07, 6.45) is 1.24. The van der Waals surface area contributed by atoms with Crippen LogP contribution in [0.15, 0.2) is 5.38 Å². The van der Waals surface area contributed by atoms with E-state index in [0.29, 0.717) is 19.4 Å². The van der Waals surface area contributed by atoms with Gasteiger partial charge in [-0.2, -0.15) is 0 Å². The molecule has 0 radical (unpaired) electrons. The van der Waals surface area contributed by atoms with Gasteiger partial charge in [0.25, 0.3) is 0 Å². The fourth-order valence-electron chi connectivity index (χ4n) is 2.35. The smallest absolute Gasteiger partial charge is 0.246 e. The van der Waals surface area contributed by atoms with Gasteiger partial charge < -0.3 is 10.2 Å². The van der Waals surface area contributed by atoms with E-state index in [1.807, 2.05) is 26.2 Å². The molecule has 2 amide bonds. The van der Waals surface area contributed by atoms with Gasteiger partial charge in [-0.25, -0.2) is 4.98 Å². The van der Waals surface area contributed by atoms with Gasteiger partial charge in [0.15, 0.2) is 0 Å². The zero-order valence-corrected chi connectivity index (χ0v) is 12.3. The van der Waals surface area contributed by atoms with Crippen molar-refractivity contribution in [2.75, 3.05) is 0 Å². The zero-order valence-electron chi connectivity index (χ0n) is 11.5. The van der Waals surface area contributed by atoms with E-state index >= 15 is 0 Å². The average Bonchev–Trinajstić information content (AvgIpc) is 2.79. The standard InChI is InChI=1S/C13H19N3O2S/c1-4-10-13(18)16(11(5-2)12(17)15-10)6-9-7-19-8(3)14-9/h7,10-11H,4-6H2,1-3H3,(H,15,17). The Morgan fingerprint density at radius 1 is 1.37 bits per heavy atom. The van der Waals surface area contributed by atoms with Gasteiger partial charge in [-0.05, 0) is 19.8 Å². The summed E-state index contributed by atoms with van der Waals surface area (Å²) in [6, 6.07) is -0.771. The molecule has 0 aliphatic carbocycles. The fourth-order valence-corrected chi connectivity index (χ4v) is 2.95. The number of hydrogen-bond acceptors (Lipinski definition) is 4. The molecular weight excluding hydrogens is 262 g/mol. The summed E-state index contributed by atoms with van der Waals surface area (Å²) in [5, 5.41) is 5.71. The van der Waals surface area contributed by atoms with Crippen LogP contribution in [-0.4, -0.2) is 33.8 Å². The molecule has 2 unspecified atom stereocenters. The molecule has 1 fully saturated rings. The maximum atomic E-state index is 12.4. The molecule has 1 aromatic heterocycles. The lowest BCUT2D eigenvalue weighted by Crippen LogP contribution is -2.62. The number of piperazine rings is 1. The summed E-state index contributed by atoms with van der Waals surface area (Å²) >= 11 is 1.56. The Morgan fingerprint density at radius 2 is 2.11 bits per heavy atom. The Bertz CT molecular complexity index is 486. The van der Waals surface area contributed by atoms with E-state index in [9.17, 15) is 9.59 Å². The minimum Gasteiger partial charge on any atom is -0.343 e. The molecule has 2 heterocycles. The maximum absolute atomic E-state index is 12.4. The number of amides is 2. The SMILES string of the molecule is CCC1NC(=O)C(CC)N(Cc2csc(C)n2)C1=O. The minimum absolute atomic E-state index is 0.000368. The van der Waals surface area contributed by atoms with Crippen LogP contribution < -0.4 is 5.32 Å². The molecule has 5 nitrogen and oxygen atoms in total. The lowest BCUT2D eigenvalue weighted by molar-refractivity contribution is -0.150. The van der Waals surface area contributed by atoms with Crippen molar-refractivity contribution in [1.29, 1.82) is 0 Å². The first-order valence-electron chi connectivity index (χ1n) is 6.58. The molecular formula is C13H19N3O2S. The topological polar surface area (TPSA) is 62.3 Å². The van der Waals surface area contributed by atoms with Gasteiger partial charge in [0.05, 0.1) is 17.2 Å². The third-order valence-electron chi connectivity index (χ3n) is 3.37. The van der Waals surface area contributed by atoms with Crippen LogP contribution in [0.2, 0.25) is 0 Å². The molecule has 1 aromatic rings. The van der Waals surface area contributed by atoms with Crippen molar-refractivity contribution >= 4 is 23.2 Å². The van der Waals surface area contributed by atoms with E-state index in [0.717, 1.165) is 10.7 Å². The molecule has 0 bridgehead atoms. The monoisotopic (exact) mass is 281 g/mol. The predicted molar refractivity (Wildman–Crippen MR) is 73.7 cm³/mol. The Labute approximate surface area is 117 Å². The van der Waals surface area contributed by atoms with Crippen molar-refractivity contribution < 1.29 is 9.59 Å². The van der Waals surface area contributed by atoms with Crippen LogP contribution in [0.25, 0.3) is 0 Å².